The van der Waals surface area contributed by atoms with Gasteiger partial charge in [-0.05, 0) is 66.5 Å². The summed E-state index contributed by atoms with van der Waals surface area (Å²) in [7, 11) is -2.77. The predicted molar refractivity (Wildman–Crippen MR) is 117 cm³/mol. The molecule has 1 fully saturated rings. The molecule has 9 nitrogen and oxygen atoms in total. The summed E-state index contributed by atoms with van der Waals surface area (Å²) in [4.78, 5) is 12.7. The van der Waals surface area contributed by atoms with Gasteiger partial charge in [0.05, 0.1) is 5.69 Å². The fraction of sp³-hybridized carbons (Fsp3) is 0.545. The van der Waals surface area contributed by atoms with E-state index in [1.54, 1.807) is 7.05 Å². The molecule has 1 aromatic heterocycles. The number of nitrogens with zero attached hydrogens (tertiary/aromatic N) is 3. The average molecular weight is 483 g/mol. The summed E-state index contributed by atoms with van der Waals surface area (Å²) in [6.07, 6.45) is 6.44. The van der Waals surface area contributed by atoms with E-state index in [4.69, 9.17) is 4.74 Å². The number of rotatable bonds is 4. The summed E-state index contributed by atoms with van der Waals surface area (Å²) in [6, 6.07) is 2.62. The summed E-state index contributed by atoms with van der Waals surface area (Å²) in [5, 5.41) is 17.4. The Morgan fingerprint density at radius 2 is 1.73 bits per heavy atom. The van der Waals surface area contributed by atoms with E-state index in [0.29, 0.717) is 31.7 Å². The van der Waals surface area contributed by atoms with Crippen molar-refractivity contribution in [3.8, 4) is 0 Å². The molecule has 5 rings (SSSR count). The number of benzene rings is 1. The number of amides is 2. The Labute approximate surface area is 215 Å². The summed E-state index contributed by atoms with van der Waals surface area (Å²) >= 11 is 0. The number of carbonyl (C=O) groups is 1. The van der Waals surface area contributed by atoms with Gasteiger partial charge in [-0.2, -0.15) is 5.10 Å². The maximum atomic E-state index is 12.8. The van der Waals surface area contributed by atoms with Crippen LogP contribution < -0.4 is 34.9 Å². The zero-order valence-electron chi connectivity index (χ0n) is 19.1. The molecule has 172 valence electrons. The Kier molecular flexibility index (Phi) is 6.97. The molecule has 3 aliphatic rings. The molecule has 0 spiro atoms. The van der Waals surface area contributed by atoms with Crippen molar-refractivity contribution in [3.05, 3.63) is 44.8 Å². The van der Waals surface area contributed by atoms with E-state index in [1.807, 2.05) is 0 Å². The molecule has 2 aliphatic carbocycles. The zero-order chi connectivity index (χ0) is 22.5. The topological polar surface area (TPSA) is 125 Å². The van der Waals surface area contributed by atoms with E-state index in [1.165, 1.54) is 21.9 Å². The molecule has 1 saturated heterocycles. The van der Waals surface area contributed by atoms with Crippen LogP contribution in [0.4, 0.5) is 10.5 Å². The molecule has 1 aromatic carbocycles. The Morgan fingerprint density at radius 1 is 1.12 bits per heavy atom. The number of carbonyl (C=O) groups excluding carboxylic acids is 1. The first-order valence-corrected chi connectivity index (χ1v) is 12.5. The minimum absolute atomic E-state index is 0. The molecule has 0 unspecified atom stereocenters. The quantitative estimate of drug-likeness (QED) is 0.577. The van der Waals surface area contributed by atoms with Crippen LogP contribution in [0.5, 0.6) is 0 Å². The van der Waals surface area contributed by atoms with Gasteiger partial charge in [-0.3, -0.25) is 9.48 Å². The van der Waals surface area contributed by atoms with Gasteiger partial charge in [0.15, 0.2) is 11.1 Å². The van der Waals surface area contributed by atoms with Gasteiger partial charge < -0.3 is 19.9 Å². The number of aryl methyl sites for hydroxylation is 3. The first-order chi connectivity index (χ1) is 15.3. The van der Waals surface area contributed by atoms with Crippen LogP contribution >= 0.6 is 0 Å². The molecule has 0 radical (unpaired) electrons. The van der Waals surface area contributed by atoms with E-state index in [0.717, 1.165) is 55.3 Å². The Morgan fingerprint density at radius 3 is 2.33 bits per heavy atom. The number of anilines is 1. The normalized spacial score (nSPS) is 18.8. The van der Waals surface area contributed by atoms with Crippen molar-refractivity contribution >= 4 is 21.7 Å². The molecule has 0 atom stereocenters. The second-order valence-corrected chi connectivity index (χ2v) is 10.4. The van der Waals surface area contributed by atoms with Crippen LogP contribution in [0.1, 0.15) is 53.6 Å². The number of fused-ring (bicyclic) bond motifs is 2. The van der Waals surface area contributed by atoms with Crippen molar-refractivity contribution in [1.82, 2.24) is 9.78 Å². The van der Waals surface area contributed by atoms with Gasteiger partial charge in [-0.15, -0.1) is 0 Å². The molecule has 2 aromatic rings. The molecule has 0 saturated carbocycles. The molecule has 2 amide bonds. The molecule has 33 heavy (non-hydrogen) atoms. The van der Waals surface area contributed by atoms with Gasteiger partial charge in [-0.1, -0.05) is 6.07 Å². The minimum Gasteiger partial charge on any atom is -0.423 e. The van der Waals surface area contributed by atoms with Crippen LogP contribution in [0.15, 0.2) is 17.2 Å². The predicted octanol–water partition coefficient (Wildman–Crippen LogP) is -0.306. The fourth-order valence-corrected chi connectivity index (χ4v) is 6.06. The van der Waals surface area contributed by atoms with Crippen molar-refractivity contribution in [2.24, 2.45) is 7.05 Å². The van der Waals surface area contributed by atoms with Crippen LogP contribution in [-0.4, -0.2) is 42.5 Å². The smallest absolute Gasteiger partial charge is 0.423 e. The van der Waals surface area contributed by atoms with E-state index >= 15 is 0 Å². The van der Waals surface area contributed by atoms with Gasteiger partial charge >= 0.3 is 29.6 Å². The van der Waals surface area contributed by atoms with Crippen LogP contribution in [0, 0.1) is 0 Å². The molecule has 2 heterocycles. The minimum atomic E-state index is -4.34. The third-order valence-electron chi connectivity index (χ3n) is 6.83. The van der Waals surface area contributed by atoms with E-state index in [2.05, 4.69) is 21.2 Å². The molecular formula is C22H27N4NaO5S. The monoisotopic (exact) mass is 482 g/mol. The summed E-state index contributed by atoms with van der Waals surface area (Å²) < 4.78 is 35.8. The maximum absolute atomic E-state index is 12.8. The summed E-state index contributed by atoms with van der Waals surface area (Å²) in [5.74, 6) is 0. The largest absolute Gasteiger partial charge is 1.00 e. The second-order valence-electron chi connectivity index (χ2n) is 8.87. The van der Waals surface area contributed by atoms with Crippen LogP contribution in [0.2, 0.25) is 0 Å². The second kappa shape index (κ2) is 9.31. The van der Waals surface area contributed by atoms with Crippen molar-refractivity contribution in [3.63, 3.8) is 0 Å². The number of hydrogen-bond donors (Lipinski definition) is 2. The number of nitrogens with one attached hydrogen (secondary N) is 1. The standard InChI is InChI=1S/C22H28N4O5S.Na/c1-26-18(22(28)8-10-31-11-9-22)13-19(24-26)32(29,30)25-21(27)23-20-16-6-2-4-14(16)12-15-5-3-7-17(15)20;/h12-13,28H,2-11H2,1H3,(H2,23,25,27);/q;+1/p-1. The average Bonchev–Trinajstić information content (AvgIpc) is 3.47. The van der Waals surface area contributed by atoms with Gasteiger partial charge in [0.1, 0.15) is 5.60 Å². The first kappa shape index (κ1) is 24.7. The number of ether oxygens (including phenoxy) is 1. The van der Waals surface area contributed by atoms with Gasteiger partial charge in [0.2, 0.25) is 10.0 Å². The first-order valence-electron chi connectivity index (χ1n) is 11.1. The van der Waals surface area contributed by atoms with E-state index < -0.39 is 21.7 Å². The van der Waals surface area contributed by atoms with Gasteiger partial charge in [-0.25, -0.2) is 8.42 Å². The molecule has 11 heteroatoms. The van der Waals surface area contributed by atoms with E-state index in [-0.39, 0.29) is 34.6 Å². The number of sulfonamides is 1. The number of aromatic nitrogens is 2. The molecule has 2 N–H and O–H groups in total. The SMILES string of the molecule is Cn1nc(S(=O)(=O)[N-]C(=O)Nc2c3c(cc4c2CCC4)CCC3)cc1C1(O)CCOCC1.[Na+]. The van der Waals surface area contributed by atoms with Crippen LogP contribution in [0.25, 0.3) is 4.72 Å². The number of urea groups is 1. The Balaban J connectivity index is 0.00000259. The van der Waals surface area contributed by atoms with Gasteiger partial charge in [0, 0.05) is 39.2 Å². The Bertz CT molecular complexity index is 1160. The molecule has 1 aliphatic heterocycles. The summed E-state index contributed by atoms with van der Waals surface area (Å²) in [6.45, 7) is 0.754. The van der Waals surface area contributed by atoms with Crippen molar-refractivity contribution in [1.29, 1.82) is 0 Å². The number of aliphatic hydroxyl groups is 1. The van der Waals surface area contributed by atoms with Gasteiger partial charge in [0.25, 0.3) is 0 Å². The van der Waals surface area contributed by atoms with Crippen LogP contribution in [-0.2, 0) is 53.1 Å². The third kappa shape index (κ3) is 4.61. The van der Waals surface area contributed by atoms with E-state index in [9.17, 15) is 18.3 Å². The molecule has 0 bridgehead atoms. The third-order valence-corrected chi connectivity index (χ3v) is 7.96. The number of hydrogen-bond acceptors (Lipinski definition) is 6. The van der Waals surface area contributed by atoms with Crippen molar-refractivity contribution in [2.75, 3.05) is 18.5 Å². The zero-order valence-corrected chi connectivity index (χ0v) is 21.9. The van der Waals surface area contributed by atoms with Crippen molar-refractivity contribution in [2.45, 2.75) is 62.0 Å². The van der Waals surface area contributed by atoms with Crippen molar-refractivity contribution < 1.29 is 52.6 Å². The maximum Gasteiger partial charge on any atom is 1.00 e. The fourth-order valence-electron chi connectivity index (χ4n) is 5.22. The van der Waals surface area contributed by atoms with Crippen LogP contribution in [0.3, 0.4) is 0 Å². The molecular weight excluding hydrogens is 455 g/mol. The Hall–Kier alpha value is -1.43. The summed E-state index contributed by atoms with van der Waals surface area (Å²) in [5.41, 5.74) is 4.58.